The summed E-state index contributed by atoms with van der Waals surface area (Å²) < 4.78 is 19.7. The molecule has 1 aromatic rings. The number of nitrogens with one attached hydrogen (secondary N) is 1. The van der Waals surface area contributed by atoms with Gasteiger partial charge in [-0.2, -0.15) is 0 Å². The molecule has 1 aromatic heterocycles. The lowest BCUT2D eigenvalue weighted by atomic mass is 10.3. The Kier molecular flexibility index (Phi) is 3.34. The molecular weight excluding hydrogens is 244 g/mol. The van der Waals surface area contributed by atoms with Gasteiger partial charge in [0.1, 0.15) is 18.0 Å². The lowest BCUT2D eigenvalue weighted by Crippen LogP contribution is -2.17. The number of anilines is 2. The van der Waals surface area contributed by atoms with Crippen LogP contribution in [0.2, 0.25) is 0 Å². The summed E-state index contributed by atoms with van der Waals surface area (Å²) in [6.45, 7) is 0. The van der Waals surface area contributed by atoms with Crippen molar-refractivity contribution in [3.8, 4) is 0 Å². The van der Waals surface area contributed by atoms with E-state index in [2.05, 4.69) is 15.3 Å². The Morgan fingerprint density at radius 2 is 2.29 bits per heavy atom. The molecule has 7 nitrogen and oxygen atoms in total. The van der Waals surface area contributed by atoms with Gasteiger partial charge in [0.05, 0.1) is 11.3 Å². The van der Waals surface area contributed by atoms with Crippen molar-refractivity contribution >= 4 is 28.6 Å². The van der Waals surface area contributed by atoms with E-state index in [4.69, 9.17) is 10.3 Å². The number of amides is 1. The first-order valence-corrected chi connectivity index (χ1v) is 6.33. The van der Waals surface area contributed by atoms with Gasteiger partial charge in [-0.3, -0.25) is 4.79 Å². The summed E-state index contributed by atoms with van der Waals surface area (Å²) in [5, 5.41) is 2.60. The molecule has 2 rings (SSSR count). The summed E-state index contributed by atoms with van der Waals surface area (Å²) in [5.41, 5.74) is 5.88. The molecule has 4 N–H and O–H groups in total. The van der Waals surface area contributed by atoms with Crippen LogP contribution in [0.1, 0.15) is 18.4 Å². The first-order chi connectivity index (χ1) is 8.08. The summed E-state index contributed by atoms with van der Waals surface area (Å²) in [4.78, 5) is 19.2. The van der Waals surface area contributed by atoms with Crippen LogP contribution in [0.3, 0.4) is 0 Å². The van der Waals surface area contributed by atoms with Gasteiger partial charge in [-0.15, -0.1) is 0 Å². The Hall–Kier alpha value is -1.54. The average molecular weight is 256 g/mol. The molecule has 0 bridgehead atoms. The van der Waals surface area contributed by atoms with Crippen LogP contribution >= 0.6 is 0 Å². The number of nitrogen functional groups attached to an aromatic ring is 1. The van der Waals surface area contributed by atoms with Gasteiger partial charge in [-0.25, -0.2) is 14.2 Å². The van der Waals surface area contributed by atoms with Crippen LogP contribution in [0, 0.1) is 5.92 Å². The zero-order valence-corrected chi connectivity index (χ0v) is 9.74. The minimum Gasteiger partial charge on any atom is -0.383 e. The lowest BCUT2D eigenvalue weighted by Gasteiger charge is -2.09. The van der Waals surface area contributed by atoms with E-state index in [9.17, 15) is 9.00 Å². The van der Waals surface area contributed by atoms with E-state index in [1.165, 1.54) is 6.33 Å². The highest BCUT2D eigenvalue weighted by Gasteiger charge is 2.30. The number of hydrogen-bond acceptors (Lipinski definition) is 5. The molecule has 1 aliphatic carbocycles. The fourth-order valence-corrected chi connectivity index (χ4v) is 1.90. The van der Waals surface area contributed by atoms with Gasteiger partial charge in [0.2, 0.25) is 5.91 Å². The molecule has 0 saturated heterocycles. The Morgan fingerprint density at radius 3 is 2.88 bits per heavy atom. The third kappa shape index (κ3) is 2.98. The molecule has 8 heteroatoms. The first kappa shape index (κ1) is 11.9. The molecule has 1 aliphatic rings. The van der Waals surface area contributed by atoms with Crippen molar-refractivity contribution in [3.63, 3.8) is 0 Å². The second-order valence-corrected chi connectivity index (χ2v) is 4.75. The molecular formula is C9H12N4O3S. The minimum atomic E-state index is -2.06. The minimum absolute atomic E-state index is 0.0265. The van der Waals surface area contributed by atoms with Crippen molar-refractivity contribution in [2.45, 2.75) is 18.6 Å². The van der Waals surface area contributed by atoms with Gasteiger partial charge in [0.25, 0.3) is 0 Å². The van der Waals surface area contributed by atoms with Crippen LogP contribution in [-0.4, -0.2) is 24.6 Å². The van der Waals surface area contributed by atoms with Crippen LogP contribution in [-0.2, 0) is 21.6 Å². The van der Waals surface area contributed by atoms with Crippen molar-refractivity contribution in [3.05, 3.63) is 11.9 Å². The largest absolute Gasteiger partial charge is 0.383 e. The topological polar surface area (TPSA) is 118 Å². The average Bonchev–Trinajstić information content (AvgIpc) is 3.06. The van der Waals surface area contributed by atoms with E-state index in [1.54, 1.807) is 0 Å². The van der Waals surface area contributed by atoms with E-state index in [-0.39, 0.29) is 29.2 Å². The number of nitrogens with two attached hydrogens (primary N) is 1. The molecule has 1 saturated carbocycles. The third-order valence-corrected chi connectivity index (χ3v) is 2.97. The van der Waals surface area contributed by atoms with Gasteiger partial charge in [-0.1, -0.05) is 0 Å². The fourth-order valence-electron chi connectivity index (χ4n) is 1.36. The number of rotatable bonds is 4. The van der Waals surface area contributed by atoms with E-state index in [1.807, 2.05) is 0 Å². The van der Waals surface area contributed by atoms with Gasteiger partial charge in [-0.05, 0) is 12.8 Å². The number of aromatic nitrogens is 2. The summed E-state index contributed by atoms with van der Waals surface area (Å²) in [6, 6.07) is 0. The zero-order chi connectivity index (χ0) is 12.4. The molecule has 92 valence electrons. The van der Waals surface area contributed by atoms with Crippen LogP contribution in [0.5, 0.6) is 0 Å². The summed E-state index contributed by atoms with van der Waals surface area (Å²) >= 11 is -2.06. The molecule has 1 fully saturated rings. The van der Waals surface area contributed by atoms with Crippen molar-refractivity contribution in [1.29, 1.82) is 0 Å². The second-order valence-electron chi connectivity index (χ2n) is 3.82. The lowest BCUT2D eigenvalue weighted by molar-refractivity contribution is -0.117. The van der Waals surface area contributed by atoms with Gasteiger partial charge < -0.3 is 15.6 Å². The summed E-state index contributed by atoms with van der Waals surface area (Å²) in [5.74, 6) is 0.0180. The first-order valence-electron chi connectivity index (χ1n) is 5.05. The highest BCUT2D eigenvalue weighted by atomic mass is 32.2. The molecule has 0 aliphatic heterocycles. The van der Waals surface area contributed by atoms with E-state index in [0.29, 0.717) is 5.56 Å². The van der Waals surface area contributed by atoms with Crippen LogP contribution in [0.15, 0.2) is 6.33 Å². The van der Waals surface area contributed by atoms with Gasteiger partial charge >= 0.3 is 0 Å². The maximum absolute atomic E-state index is 11.6. The van der Waals surface area contributed by atoms with E-state index >= 15 is 0 Å². The van der Waals surface area contributed by atoms with Crippen molar-refractivity contribution in [2.24, 2.45) is 5.92 Å². The molecule has 1 atom stereocenters. The number of nitrogens with zero attached hydrogens (tertiary/aromatic N) is 2. The Morgan fingerprint density at radius 1 is 1.59 bits per heavy atom. The third-order valence-electron chi connectivity index (χ3n) is 2.44. The van der Waals surface area contributed by atoms with Gasteiger partial charge in [0.15, 0.2) is 11.1 Å². The number of hydrogen-bond donors (Lipinski definition) is 3. The highest BCUT2D eigenvalue weighted by molar-refractivity contribution is 7.78. The van der Waals surface area contributed by atoms with E-state index < -0.39 is 11.1 Å². The Bertz CT molecular complexity index is 475. The summed E-state index contributed by atoms with van der Waals surface area (Å²) in [7, 11) is 0. The second kappa shape index (κ2) is 4.76. The normalized spacial score (nSPS) is 16.5. The molecule has 1 amide bonds. The number of carbonyl (C=O) groups is 1. The van der Waals surface area contributed by atoms with E-state index in [0.717, 1.165) is 12.8 Å². The van der Waals surface area contributed by atoms with Crippen LogP contribution in [0.4, 0.5) is 11.6 Å². The molecule has 1 unspecified atom stereocenters. The van der Waals surface area contributed by atoms with Crippen molar-refractivity contribution < 1.29 is 13.6 Å². The quantitative estimate of drug-likeness (QED) is 0.659. The summed E-state index contributed by atoms with van der Waals surface area (Å²) in [6.07, 6.45) is 2.95. The van der Waals surface area contributed by atoms with Crippen LogP contribution < -0.4 is 11.1 Å². The monoisotopic (exact) mass is 256 g/mol. The Balaban J connectivity index is 2.21. The highest BCUT2D eigenvalue weighted by Crippen LogP contribution is 2.30. The predicted octanol–water partition coefficient (Wildman–Crippen LogP) is 0.129. The maximum Gasteiger partial charge on any atom is 0.228 e. The molecule has 1 heterocycles. The SMILES string of the molecule is Nc1ncnc(NC(=O)C2CC2)c1CS(=O)O. The fraction of sp³-hybridized carbons (Fsp3) is 0.444. The van der Waals surface area contributed by atoms with Crippen molar-refractivity contribution in [2.75, 3.05) is 11.1 Å². The molecule has 0 aromatic carbocycles. The molecule has 17 heavy (non-hydrogen) atoms. The van der Waals surface area contributed by atoms with Crippen LogP contribution in [0.25, 0.3) is 0 Å². The maximum atomic E-state index is 11.6. The number of carbonyl (C=O) groups excluding carboxylic acids is 1. The predicted molar refractivity (Wildman–Crippen MR) is 62.3 cm³/mol. The Labute approximate surface area is 100 Å². The smallest absolute Gasteiger partial charge is 0.228 e. The van der Waals surface area contributed by atoms with Crippen molar-refractivity contribution in [1.82, 2.24) is 9.97 Å². The molecule has 0 radical (unpaired) electrons. The molecule has 0 spiro atoms. The standard InChI is InChI=1S/C9H12N4O3S/c10-7-6(3-17(15)16)8(12-4-11-7)13-9(14)5-1-2-5/h4-5H,1-3H2,(H,15,16)(H3,10,11,12,13,14). The zero-order valence-electron chi connectivity index (χ0n) is 8.92. The van der Waals surface area contributed by atoms with Gasteiger partial charge in [0, 0.05) is 5.92 Å².